The molecular formula is C17H14F3N3O2. The fraction of sp³-hybridized carbons (Fsp3) is 0.176. The summed E-state index contributed by atoms with van der Waals surface area (Å²) in [6, 6.07) is 7.74. The molecule has 2 aromatic heterocycles. The van der Waals surface area contributed by atoms with Gasteiger partial charge in [0.1, 0.15) is 6.54 Å². The van der Waals surface area contributed by atoms with Gasteiger partial charge in [0.25, 0.3) is 5.56 Å². The fourth-order valence-corrected chi connectivity index (χ4v) is 2.56. The van der Waals surface area contributed by atoms with E-state index >= 15 is 0 Å². The summed E-state index contributed by atoms with van der Waals surface area (Å²) >= 11 is 0. The topological polar surface area (TPSA) is 56.0 Å². The number of aromatic nitrogens is 2. The maximum absolute atomic E-state index is 12.7. The third kappa shape index (κ3) is 3.42. The Bertz CT molecular complexity index is 1000. The number of hydrogen-bond acceptors (Lipinski definition) is 2. The molecule has 3 aromatic rings. The molecule has 0 aliphatic rings. The summed E-state index contributed by atoms with van der Waals surface area (Å²) in [4.78, 5) is 24.1. The first-order chi connectivity index (χ1) is 11.8. The second-order valence-corrected chi connectivity index (χ2v) is 5.60. The van der Waals surface area contributed by atoms with Crippen LogP contribution in [0.4, 0.5) is 18.9 Å². The van der Waals surface area contributed by atoms with Crippen molar-refractivity contribution >= 4 is 22.5 Å². The summed E-state index contributed by atoms with van der Waals surface area (Å²) in [5.41, 5.74) is -0.371. The van der Waals surface area contributed by atoms with E-state index in [1.165, 1.54) is 16.7 Å². The molecule has 8 heteroatoms. The Hall–Kier alpha value is -3.03. The van der Waals surface area contributed by atoms with Crippen molar-refractivity contribution in [2.24, 2.45) is 7.05 Å². The van der Waals surface area contributed by atoms with Crippen LogP contribution in [-0.2, 0) is 24.6 Å². The molecule has 0 bridgehead atoms. The highest BCUT2D eigenvalue weighted by Crippen LogP contribution is 2.30. The number of pyridine rings is 1. The minimum atomic E-state index is -4.47. The number of amides is 1. The molecule has 2 heterocycles. The van der Waals surface area contributed by atoms with Crippen molar-refractivity contribution in [3.05, 3.63) is 64.7 Å². The number of hydrogen-bond donors (Lipinski definition) is 1. The van der Waals surface area contributed by atoms with E-state index in [4.69, 9.17) is 0 Å². The van der Waals surface area contributed by atoms with Crippen molar-refractivity contribution in [1.29, 1.82) is 0 Å². The Morgan fingerprint density at radius 2 is 1.92 bits per heavy atom. The van der Waals surface area contributed by atoms with Crippen molar-refractivity contribution in [3.63, 3.8) is 0 Å². The van der Waals surface area contributed by atoms with Crippen LogP contribution < -0.4 is 10.9 Å². The number of carbonyl (C=O) groups excluding carboxylic acids is 1. The SMILES string of the molecule is Cn1ccc2c(ccn2CC(=O)Nc2cccc(C(F)(F)F)c2)c1=O. The van der Waals surface area contributed by atoms with E-state index in [2.05, 4.69) is 5.32 Å². The molecule has 0 aliphatic heterocycles. The maximum atomic E-state index is 12.7. The van der Waals surface area contributed by atoms with Crippen LogP contribution in [0.5, 0.6) is 0 Å². The van der Waals surface area contributed by atoms with Crippen LogP contribution in [0.25, 0.3) is 10.9 Å². The van der Waals surface area contributed by atoms with Crippen LogP contribution >= 0.6 is 0 Å². The van der Waals surface area contributed by atoms with Crippen molar-refractivity contribution in [2.75, 3.05) is 5.32 Å². The average molecular weight is 349 g/mol. The molecule has 0 saturated carbocycles. The molecule has 0 aliphatic carbocycles. The van der Waals surface area contributed by atoms with E-state index in [1.807, 2.05) is 0 Å². The number of aryl methyl sites for hydroxylation is 1. The molecule has 0 fully saturated rings. The summed E-state index contributed by atoms with van der Waals surface area (Å²) in [6.07, 6.45) is -1.29. The van der Waals surface area contributed by atoms with Crippen LogP contribution in [0, 0.1) is 0 Å². The van der Waals surface area contributed by atoms with Crippen molar-refractivity contribution in [3.8, 4) is 0 Å². The van der Waals surface area contributed by atoms with Gasteiger partial charge in [0.2, 0.25) is 5.91 Å². The Morgan fingerprint density at radius 1 is 1.16 bits per heavy atom. The first-order valence-corrected chi connectivity index (χ1v) is 7.37. The molecule has 1 aromatic carbocycles. The lowest BCUT2D eigenvalue weighted by Gasteiger charge is -2.10. The molecule has 0 saturated heterocycles. The monoisotopic (exact) mass is 349 g/mol. The normalized spacial score (nSPS) is 11.7. The highest BCUT2D eigenvalue weighted by atomic mass is 19.4. The van der Waals surface area contributed by atoms with Crippen LogP contribution in [0.1, 0.15) is 5.56 Å². The zero-order valence-electron chi connectivity index (χ0n) is 13.2. The minimum Gasteiger partial charge on any atom is -0.338 e. The number of fused-ring (bicyclic) bond motifs is 1. The van der Waals surface area contributed by atoms with Gasteiger partial charge in [0.15, 0.2) is 0 Å². The van der Waals surface area contributed by atoms with Gasteiger partial charge in [-0.05, 0) is 30.3 Å². The molecule has 0 radical (unpaired) electrons. The third-order valence-electron chi connectivity index (χ3n) is 3.80. The number of nitrogens with one attached hydrogen (secondary N) is 1. The summed E-state index contributed by atoms with van der Waals surface area (Å²) in [5, 5.41) is 2.91. The zero-order chi connectivity index (χ0) is 18.2. The van der Waals surface area contributed by atoms with Gasteiger partial charge in [-0.1, -0.05) is 6.07 Å². The second kappa shape index (κ2) is 6.12. The molecule has 1 N–H and O–H groups in total. The fourth-order valence-electron chi connectivity index (χ4n) is 2.56. The van der Waals surface area contributed by atoms with E-state index in [0.29, 0.717) is 10.9 Å². The van der Waals surface area contributed by atoms with Crippen molar-refractivity contribution in [2.45, 2.75) is 12.7 Å². The lowest BCUT2D eigenvalue weighted by Crippen LogP contribution is -2.19. The largest absolute Gasteiger partial charge is 0.416 e. The lowest BCUT2D eigenvalue weighted by molar-refractivity contribution is -0.137. The van der Waals surface area contributed by atoms with Gasteiger partial charge in [-0.25, -0.2) is 0 Å². The van der Waals surface area contributed by atoms with E-state index in [-0.39, 0.29) is 17.8 Å². The summed E-state index contributed by atoms with van der Waals surface area (Å²) in [5.74, 6) is -0.488. The number of rotatable bonds is 3. The quantitative estimate of drug-likeness (QED) is 0.790. The smallest absolute Gasteiger partial charge is 0.338 e. The average Bonchev–Trinajstić information content (AvgIpc) is 2.94. The predicted molar refractivity (Wildman–Crippen MR) is 87.3 cm³/mol. The minimum absolute atomic E-state index is 0.0622. The number of anilines is 1. The first kappa shape index (κ1) is 16.8. The highest BCUT2D eigenvalue weighted by molar-refractivity contribution is 5.92. The van der Waals surface area contributed by atoms with Gasteiger partial charge in [-0.3, -0.25) is 9.59 Å². The zero-order valence-corrected chi connectivity index (χ0v) is 13.2. The number of nitrogens with zero attached hydrogens (tertiary/aromatic N) is 2. The third-order valence-corrected chi connectivity index (χ3v) is 3.80. The van der Waals surface area contributed by atoms with Gasteiger partial charge in [-0.15, -0.1) is 0 Å². The molecule has 25 heavy (non-hydrogen) atoms. The predicted octanol–water partition coefficient (Wildman–Crippen LogP) is 3.00. The Balaban J connectivity index is 1.80. The standard InChI is InChI=1S/C17H14F3N3O2/c1-22-7-6-14-13(16(22)25)5-8-23(14)10-15(24)21-12-4-2-3-11(9-12)17(18,19)20/h2-9H,10H2,1H3,(H,21,24). The molecule has 0 unspecified atom stereocenters. The Kier molecular flexibility index (Phi) is 4.12. The van der Waals surface area contributed by atoms with Gasteiger partial charge < -0.3 is 14.5 Å². The molecule has 130 valence electrons. The van der Waals surface area contributed by atoms with E-state index in [1.54, 1.807) is 36.1 Å². The Morgan fingerprint density at radius 3 is 2.64 bits per heavy atom. The molecule has 3 rings (SSSR count). The molecule has 1 amide bonds. The van der Waals surface area contributed by atoms with Gasteiger partial charge in [0, 0.05) is 25.1 Å². The van der Waals surface area contributed by atoms with E-state index < -0.39 is 17.6 Å². The van der Waals surface area contributed by atoms with Crippen molar-refractivity contribution in [1.82, 2.24) is 9.13 Å². The van der Waals surface area contributed by atoms with Gasteiger partial charge in [-0.2, -0.15) is 13.2 Å². The van der Waals surface area contributed by atoms with Crippen molar-refractivity contribution < 1.29 is 18.0 Å². The van der Waals surface area contributed by atoms with Crippen LogP contribution in [0.15, 0.2) is 53.6 Å². The van der Waals surface area contributed by atoms with Gasteiger partial charge in [0.05, 0.1) is 16.5 Å². The van der Waals surface area contributed by atoms with Gasteiger partial charge >= 0.3 is 6.18 Å². The maximum Gasteiger partial charge on any atom is 0.416 e. The number of alkyl halides is 3. The number of benzene rings is 1. The summed E-state index contributed by atoms with van der Waals surface area (Å²) in [6.45, 7) is -0.118. The number of halogens is 3. The second-order valence-electron chi connectivity index (χ2n) is 5.60. The van der Waals surface area contributed by atoms with Crippen LogP contribution in [-0.4, -0.2) is 15.0 Å². The highest BCUT2D eigenvalue weighted by Gasteiger charge is 2.30. The molecular weight excluding hydrogens is 335 g/mol. The summed E-state index contributed by atoms with van der Waals surface area (Å²) < 4.78 is 41.1. The molecule has 0 spiro atoms. The number of carbonyl (C=O) groups is 1. The van der Waals surface area contributed by atoms with E-state index in [9.17, 15) is 22.8 Å². The van der Waals surface area contributed by atoms with Crippen LogP contribution in [0.3, 0.4) is 0 Å². The first-order valence-electron chi connectivity index (χ1n) is 7.37. The van der Waals surface area contributed by atoms with Crippen LogP contribution in [0.2, 0.25) is 0 Å². The summed E-state index contributed by atoms with van der Waals surface area (Å²) in [7, 11) is 1.62. The Labute approximate surface area is 140 Å². The molecule has 5 nitrogen and oxygen atoms in total. The van der Waals surface area contributed by atoms with E-state index in [0.717, 1.165) is 12.1 Å². The lowest BCUT2D eigenvalue weighted by atomic mass is 10.2. The molecule has 0 atom stereocenters.